The smallest absolute Gasteiger partial charge is 0.319 e. The third-order valence-electron chi connectivity index (χ3n) is 3.40. The quantitative estimate of drug-likeness (QED) is 0.847. The number of hydrogen-bond acceptors (Lipinski definition) is 1. The van der Waals surface area contributed by atoms with E-state index in [0.29, 0.717) is 0 Å². The Kier molecular flexibility index (Phi) is 4.99. The van der Waals surface area contributed by atoms with E-state index in [1.54, 1.807) is 0 Å². The highest BCUT2D eigenvalue weighted by molar-refractivity contribution is 5.89. The minimum absolute atomic E-state index is 0.0251. The number of amides is 2. The molecule has 0 aliphatic carbocycles. The molecule has 3 nitrogen and oxygen atoms in total. The van der Waals surface area contributed by atoms with E-state index in [1.807, 2.05) is 56.3 Å². The summed E-state index contributed by atoms with van der Waals surface area (Å²) in [6.07, 6.45) is 0.851. The predicted octanol–water partition coefficient (Wildman–Crippen LogP) is 4.58. The van der Waals surface area contributed by atoms with E-state index >= 15 is 0 Å². The van der Waals surface area contributed by atoms with Crippen LogP contribution in [0.15, 0.2) is 48.5 Å². The van der Waals surface area contributed by atoms with Crippen LogP contribution in [0, 0.1) is 13.8 Å². The van der Waals surface area contributed by atoms with Crippen molar-refractivity contribution in [3.8, 4) is 0 Å². The van der Waals surface area contributed by atoms with Crippen molar-refractivity contribution in [3.05, 3.63) is 65.2 Å². The maximum atomic E-state index is 12.2. The zero-order valence-electron chi connectivity index (χ0n) is 12.8. The topological polar surface area (TPSA) is 41.1 Å². The molecule has 0 spiro atoms. The molecule has 110 valence electrons. The molecule has 0 bridgehead atoms. The summed E-state index contributed by atoms with van der Waals surface area (Å²) in [6.45, 7) is 6.11. The van der Waals surface area contributed by atoms with Gasteiger partial charge in [-0.1, -0.05) is 43.3 Å². The molecular formula is C18H22N2O. The summed E-state index contributed by atoms with van der Waals surface area (Å²) in [6, 6.07) is 15.9. The third-order valence-corrected chi connectivity index (χ3v) is 3.40. The van der Waals surface area contributed by atoms with Crippen LogP contribution in [-0.4, -0.2) is 6.03 Å². The first kappa shape index (κ1) is 15.1. The number of hydrogen-bond donors (Lipinski definition) is 2. The van der Waals surface area contributed by atoms with E-state index in [0.717, 1.165) is 28.8 Å². The summed E-state index contributed by atoms with van der Waals surface area (Å²) in [5, 5.41) is 5.93. The maximum Gasteiger partial charge on any atom is 0.319 e. The van der Waals surface area contributed by atoms with Crippen LogP contribution in [0.5, 0.6) is 0 Å². The number of carbonyl (C=O) groups is 1. The van der Waals surface area contributed by atoms with Crippen LogP contribution in [0.3, 0.4) is 0 Å². The van der Waals surface area contributed by atoms with Gasteiger partial charge in [-0.25, -0.2) is 4.79 Å². The fourth-order valence-corrected chi connectivity index (χ4v) is 2.48. The van der Waals surface area contributed by atoms with Crippen LogP contribution in [-0.2, 0) is 0 Å². The lowest BCUT2D eigenvalue weighted by Crippen LogP contribution is -2.32. The van der Waals surface area contributed by atoms with Gasteiger partial charge in [-0.2, -0.15) is 0 Å². The standard InChI is InChI=1S/C18H22N2O/c1-4-17(15-8-6-5-7-9-15)20-18(21)19-16-11-13(2)10-14(3)12-16/h5-12,17H,4H2,1-3H3,(H2,19,20,21). The Morgan fingerprint density at radius 2 is 1.67 bits per heavy atom. The molecule has 0 aliphatic heterocycles. The summed E-state index contributed by atoms with van der Waals surface area (Å²) in [7, 11) is 0. The summed E-state index contributed by atoms with van der Waals surface area (Å²) >= 11 is 0. The van der Waals surface area contributed by atoms with Crippen LogP contribution in [0.2, 0.25) is 0 Å². The van der Waals surface area contributed by atoms with Crippen molar-refractivity contribution in [1.29, 1.82) is 0 Å². The average molecular weight is 282 g/mol. The first-order chi connectivity index (χ1) is 10.1. The van der Waals surface area contributed by atoms with Gasteiger partial charge in [-0.15, -0.1) is 0 Å². The second kappa shape index (κ2) is 6.93. The number of aryl methyl sites for hydroxylation is 2. The fourth-order valence-electron chi connectivity index (χ4n) is 2.48. The highest BCUT2D eigenvalue weighted by Crippen LogP contribution is 2.17. The molecule has 0 heterocycles. The summed E-state index contributed by atoms with van der Waals surface area (Å²) in [4.78, 5) is 12.2. The average Bonchev–Trinajstić information content (AvgIpc) is 2.44. The Labute approximate surface area is 126 Å². The Balaban J connectivity index is 2.03. The summed E-state index contributed by atoms with van der Waals surface area (Å²) < 4.78 is 0. The van der Waals surface area contributed by atoms with E-state index in [1.165, 1.54) is 0 Å². The minimum Gasteiger partial charge on any atom is -0.331 e. The van der Waals surface area contributed by atoms with Crippen LogP contribution in [0.1, 0.15) is 36.1 Å². The molecule has 2 amide bonds. The van der Waals surface area contributed by atoms with Crippen molar-refractivity contribution in [1.82, 2.24) is 5.32 Å². The number of carbonyl (C=O) groups excluding carboxylic acids is 1. The largest absolute Gasteiger partial charge is 0.331 e. The molecule has 1 unspecified atom stereocenters. The van der Waals surface area contributed by atoms with Crippen molar-refractivity contribution in [2.75, 3.05) is 5.32 Å². The SMILES string of the molecule is CCC(NC(=O)Nc1cc(C)cc(C)c1)c1ccccc1. The molecule has 2 rings (SSSR count). The van der Waals surface area contributed by atoms with Crippen LogP contribution >= 0.6 is 0 Å². The van der Waals surface area contributed by atoms with E-state index < -0.39 is 0 Å². The number of anilines is 1. The van der Waals surface area contributed by atoms with Gasteiger partial charge in [-0.3, -0.25) is 0 Å². The predicted molar refractivity (Wildman–Crippen MR) is 87.5 cm³/mol. The molecule has 0 radical (unpaired) electrons. The van der Waals surface area contributed by atoms with Gasteiger partial charge in [0.25, 0.3) is 0 Å². The second-order valence-corrected chi connectivity index (χ2v) is 5.35. The number of urea groups is 1. The van der Waals surface area contributed by atoms with Gasteiger partial charge < -0.3 is 10.6 Å². The Hall–Kier alpha value is -2.29. The molecule has 2 aromatic carbocycles. The molecular weight excluding hydrogens is 260 g/mol. The zero-order valence-corrected chi connectivity index (χ0v) is 12.8. The van der Waals surface area contributed by atoms with Crippen molar-refractivity contribution >= 4 is 11.7 Å². The lowest BCUT2D eigenvalue weighted by molar-refractivity contribution is 0.248. The van der Waals surface area contributed by atoms with E-state index in [-0.39, 0.29) is 12.1 Å². The second-order valence-electron chi connectivity index (χ2n) is 5.35. The first-order valence-corrected chi connectivity index (χ1v) is 7.29. The van der Waals surface area contributed by atoms with Gasteiger partial charge in [0.05, 0.1) is 6.04 Å². The third kappa shape index (κ3) is 4.35. The van der Waals surface area contributed by atoms with Crippen molar-refractivity contribution in [3.63, 3.8) is 0 Å². The summed E-state index contributed by atoms with van der Waals surface area (Å²) in [5.74, 6) is 0. The van der Waals surface area contributed by atoms with Gasteiger partial charge in [0.15, 0.2) is 0 Å². The molecule has 0 saturated heterocycles. The van der Waals surface area contributed by atoms with Gasteiger partial charge in [-0.05, 0) is 49.1 Å². The van der Waals surface area contributed by atoms with Gasteiger partial charge in [0.1, 0.15) is 0 Å². The highest BCUT2D eigenvalue weighted by Gasteiger charge is 2.12. The lowest BCUT2D eigenvalue weighted by atomic mass is 10.1. The van der Waals surface area contributed by atoms with Gasteiger partial charge in [0, 0.05) is 5.69 Å². The minimum atomic E-state index is -0.171. The number of benzene rings is 2. The maximum absolute atomic E-state index is 12.2. The van der Waals surface area contributed by atoms with Crippen molar-refractivity contribution < 1.29 is 4.79 Å². The molecule has 3 heteroatoms. The lowest BCUT2D eigenvalue weighted by Gasteiger charge is -2.18. The summed E-state index contributed by atoms with van der Waals surface area (Å²) in [5.41, 5.74) is 4.23. The molecule has 2 N–H and O–H groups in total. The Bertz CT molecular complexity index is 588. The van der Waals surface area contributed by atoms with E-state index in [9.17, 15) is 4.79 Å². The Morgan fingerprint density at radius 3 is 2.24 bits per heavy atom. The molecule has 0 aromatic heterocycles. The number of nitrogens with one attached hydrogen (secondary N) is 2. The molecule has 1 atom stereocenters. The van der Waals surface area contributed by atoms with Gasteiger partial charge >= 0.3 is 6.03 Å². The fraction of sp³-hybridized carbons (Fsp3) is 0.278. The monoisotopic (exact) mass is 282 g/mol. The normalized spacial score (nSPS) is 11.8. The van der Waals surface area contributed by atoms with Crippen molar-refractivity contribution in [2.45, 2.75) is 33.2 Å². The molecule has 21 heavy (non-hydrogen) atoms. The van der Waals surface area contributed by atoms with Crippen LogP contribution < -0.4 is 10.6 Å². The zero-order chi connectivity index (χ0) is 15.2. The first-order valence-electron chi connectivity index (χ1n) is 7.29. The Morgan fingerprint density at radius 1 is 1.05 bits per heavy atom. The van der Waals surface area contributed by atoms with E-state index in [2.05, 4.69) is 23.6 Å². The van der Waals surface area contributed by atoms with E-state index in [4.69, 9.17) is 0 Å². The number of rotatable bonds is 4. The van der Waals surface area contributed by atoms with Crippen LogP contribution in [0.25, 0.3) is 0 Å². The highest BCUT2D eigenvalue weighted by atomic mass is 16.2. The van der Waals surface area contributed by atoms with Gasteiger partial charge in [0.2, 0.25) is 0 Å². The van der Waals surface area contributed by atoms with Crippen LogP contribution in [0.4, 0.5) is 10.5 Å². The molecule has 0 saturated carbocycles. The molecule has 0 aliphatic rings. The molecule has 0 fully saturated rings. The molecule has 2 aromatic rings. The van der Waals surface area contributed by atoms with Crippen molar-refractivity contribution in [2.24, 2.45) is 0 Å².